The van der Waals surface area contributed by atoms with E-state index in [4.69, 9.17) is 11.5 Å². The van der Waals surface area contributed by atoms with E-state index in [0.717, 1.165) is 0 Å². The van der Waals surface area contributed by atoms with Crippen molar-refractivity contribution in [2.45, 2.75) is 101 Å². The molecule has 0 radical (unpaired) electrons. The summed E-state index contributed by atoms with van der Waals surface area (Å²) in [6.07, 6.45) is 3.56. The second-order valence-corrected chi connectivity index (χ2v) is 12.6. The Balaban J connectivity index is 1.98. The van der Waals surface area contributed by atoms with E-state index in [1.54, 1.807) is 6.92 Å². The van der Waals surface area contributed by atoms with Gasteiger partial charge < -0.3 is 52.7 Å². The van der Waals surface area contributed by atoms with Gasteiger partial charge in [0.1, 0.15) is 30.2 Å². The molecule has 7 unspecified atom stereocenters. The zero-order chi connectivity index (χ0) is 36.0. The smallest absolute Gasteiger partial charge is 0.326 e. The number of likely N-dealkylation sites (tertiary alicyclic amines) is 2. The maximum Gasteiger partial charge on any atom is 0.326 e. The van der Waals surface area contributed by atoms with Crippen molar-refractivity contribution in [2.24, 2.45) is 17.4 Å². The van der Waals surface area contributed by atoms with Crippen molar-refractivity contribution >= 4 is 54.0 Å². The molecule has 2 aliphatic rings. The molecule has 0 spiro atoms. The Kier molecular flexibility index (Phi) is 17.1. The summed E-state index contributed by atoms with van der Waals surface area (Å²) in [7, 11) is 0. The monoisotopic (exact) mass is 700 g/mol. The van der Waals surface area contributed by atoms with E-state index in [-0.39, 0.29) is 31.2 Å². The van der Waals surface area contributed by atoms with E-state index in [0.29, 0.717) is 51.5 Å². The Hall–Kier alpha value is -3.48. The van der Waals surface area contributed by atoms with Crippen LogP contribution in [0.25, 0.3) is 0 Å². The average Bonchev–Trinajstić information content (AvgIpc) is 3.77. The average molecular weight is 701 g/mol. The highest BCUT2D eigenvalue weighted by Crippen LogP contribution is 2.21. The maximum atomic E-state index is 13.5. The number of aliphatic hydroxyl groups excluding tert-OH is 1. The molecule has 2 aliphatic heterocycles. The number of hydrogen-bond acceptors (Lipinski definition) is 11. The molecule has 272 valence electrons. The predicted molar refractivity (Wildman–Crippen MR) is 177 cm³/mol. The number of hydrogen-bond donors (Lipinski definition) is 9. The SMILES string of the molecule is CCC(C)C(N)C(=O)NC(CO)C(=O)NCC(=O)N1CCCC1C(=O)NC(CS)C(=O)N1CCCC1C(=O)NC(CCCCN)C(=O)O. The van der Waals surface area contributed by atoms with Crippen LogP contribution in [0.5, 0.6) is 0 Å². The largest absolute Gasteiger partial charge is 0.480 e. The van der Waals surface area contributed by atoms with Gasteiger partial charge in [-0.2, -0.15) is 12.6 Å². The van der Waals surface area contributed by atoms with Gasteiger partial charge in [-0.05, 0) is 57.4 Å². The van der Waals surface area contributed by atoms with E-state index in [2.05, 4.69) is 33.9 Å². The Labute approximate surface area is 286 Å². The van der Waals surface area contributed by atoms with Gasteiger partial charge in [-0.3, -0.25) is 28.8 Å². The molecule has 0 aliphatic carbocycles. The second kappa shape index (κ2) is 20.1. The van der Waals surface area contributed by atoms with Crippen molar-refractivity contribution in [3.8, 4) is 0 Å². The number of nitrogens with zero attached hydrogens (tertiary/aromatic N) is 2. The van der Waals surface area contributed by atoms with Crippen molar-refractivity contribution in [1.82, 2.24) is 31.1 Å². The number of rotatable bonds is 19. The minimum atomic E-state index is -1.33. The number of aliphatic hydroxyl groups is 1. The fraction of sp³-hybridized carbons (Fsp3) is 0.767. The van der Waals surface area contributed by atoms with Crippen molar-refractivity contribution < 1.29 is 43.8 Å². The van der Waals surface area contributed by atoms with E-state index in [1.807, 2.05) is 6.92 Å². The molecule has 7 atom stereocenters. The van der Waals surface area contributed by atoms with Crippen LogP contribution in [0.4, 0.5) is 0 Å². The third kappa shape index (κ3) is 11.3. The molecule has 2 saturated heterocycles. The topological polar surface area (TPSA) is 267 Å². The molecule has 2 heterocycles. The number of nitrogens with two attached hydrogens (primary N) is 2. The highest BCUT2D eigenvalue weighted by molar-refractivity contribution is 7.80. The third-order valence-electron chi connectivity index (χ3n) is 8.86. The highest BCUT2D eigenvalue weighted by atomic mass is 32.1. The Morgan fingerprint density at radius 3 is 2.00 bits per heavy atom. The zero-order valence-corrected chi connectivity index (χ0v) is 28.6. The number of carbonyl (C=O) groups is 7. The van der Waals surface area contributed by atoms with E-state index in [1.165, 1.54) is 9.80 Å². The lowest BCUT2D eigenvalue weighted by Gasteiger charge is -2.30. The number of aliphatic carboxylic acids is 1. The summed E-state index contributed by atoms with van der Waals surface area (Å²) in [6, 6.07) is -6.32. The van der Waals surface area contributed by atoms with Gasteiger partial charge in [-0.1, -0.05) is 20.3 Å². The normalized spacial score (nSPS) is 20.6. The first kappa shape index (κ1) is 40.7. The fourth-order valence-electron chi connectivity index (χ4n) is 5.67. The number of nitrogens with one attached hydrogen (secondary N) is 4. The molecular formula is C30H52N8O9S. The van der Waals surface area contributed by atoms with Gasteiger partial charge in [-0.25, -0.2) is 4.79 Å². The lowest BCUT2D eigenvalue weighted by Crippen LogP contribution is -2.58. The van der Waals surface area contributed by atoms with E-state index >= 15 is 0 Å². The lowest BCUT2D eigenvalue weighted by molar-refractivity contribution is -0.145. The number of thiol groups is 1. The first-order valence-electron chi connectivity index (χ1n) is 16.5. The maximum absolute atomic E-state index is 13.5. The summed E-state index contributed by atoms with van der Waals surface area (Å²) in [5, 5.41) is 29.1. The standard InChI is InChI=1S/C30H52N8O9S/c1-3-17(2)24(32)28(44)35-19(15-39)25(41)33-14-23(40)37-12-6-9-21(37)26(42)36-20(16-48)29(45)38-13-7-10-22(38)27(43)34-18(30(46)47)8-4-5-11-31/h17-22,24,39,48H,3-16,31-32H2,1-2H3,(H,33,41)(H,34,43)(H,35,44)(H,36,42)(H,46,47). The van der Waals surface area contributed by atoms with E-state index in [9.17, 15) is 43.8 Å². The Bertz CT molecular complexity index is 1160. The molecule has 48 heavy (non-hydrogen) atoms. The van der Waals surface area contributed by atoms with Gasteiger partial charge in [0, 0.05) is 18.8 Å². The lowest BCUT2D eigenvalue weighted by atomic mass is 9.99. The summed E-state index contributed by atoms with van der Waals surface area (Å²) in [5.41, 5.74) is 11.4. The van der Waals surface area contributed by atoms with E-state index < -0.39 is 90.8 Å². The molecule has 18 heteroatoms. The van der Waals surface area contributed by atoms with Gasteiger partial charge in [0.2, 0.25) is 35.4 Å². The van der Waals surface area contributed by atoms with Crippen LogP contribution in [0.3, 0.4) is 0 Å². The number of carboxylic acid groups (broad SMARTS) is 1. The summed E-state index contributed by atoms with van der Waals surface area (Å²) >= 11 is 4.24. The van der Waals surface area contributed by atoms with Crippen LogP contribution in [0.2, 0.25) is 0 Å². The highest BCUT2D eigenvalue weighted by Gasteiger charge is 2.40. The zero-order valence-electron chi connectivity index (χ0n) is 27.7. The number of amides is 6. The third-order valence-corrected chi connectivity index (χ3v) is 9.23. The van der Waals surface area contributed by atoms with Crippen LogP contribution in [-0.2, 0) is 33.6 Å². The molecule has 6 amide bonds. The quantitative estimate of drug-likeness (QED) is 0.0486. The number of carbonyl (C=O) groups excluding carboxylic acids is 6. The summed E-state index contributed by atoms with van der Waals surface area (Å²) in [5.74, 6) is -5.19. The van der Waals surface area contributed by atoms with Gasteiger partial charge in [0.05, 0.1) is 19.2 Å². The predicted octanol–water partition coefficient (Wildman–Crippen LogP) is -2.95. The molecule has 17 nitrogen and oxygen atoms in total. The van der Waals surface area contributed by atoms with Crippen LogP contribution >= 0.6 is 12.6 Å². The van der Waals surface area contributed by atoms with Crippen molar-refractivity contribution in [3.05, 3.63) is 0 Å². The van der Waals surface area contributed by atoms with Crippen LogP contribution in [0, 0.1) is 5.92 Å². The molecular weight excluding hydrogens is 648 g/mol. The van der Waals surface area contributed by atoms with Gasteiger partial charge >= 0.3 is 5.97 Å². The van der Waals surface area contributed by atoms with Crippen molar-refractivity contribution in [2.75, 3.05) is 38.5 Å². The summed E-state index contributed by atoms with van der Waals surface area (Å²) in [6.45, 7) is 3.26. The first-order chi connectivity index (χ1) is 22.8. The fourth-order valence-corrected chi connectivity index (χ4v) is 5.92. The molecule has 0 aromatic rings. The van der Waals surface area contributed by atoms with Crippen LogP contribution < -0.4 is 32.7 Å². The van der Waals surface area contributed by atoms with Gasteiger partial charge in [0.15, 0.2) is 0 Å². The molecule has 2 fully saturated rings. The number of carboxylic acids is 1. The summed E-state index contributed by atoms with van der Waals surface area (Å²) in [4.78, 5) is 92.2. The summed E-state index contributed by atoms with van der Waals surface area (Å²) < 4.78 is 0. The Morgan fingerprint density at radius 2 is 1.46 bits per heavy atom. The number of unbranched alkanes of at least 4 members (excludes halogenated alkanes) is 1. The van der Waals surface area contributed by atoms with Crippen LogP contribution in [0.15, 0.2) is 0 Å². The van der Waals surface area contributed by atoms with Crippen molar-refractivity contribution in [3.63, 3.8) is 0 Å². The first-order valence-corrected chi connectivity index (χ1v) is 17.1. The minimum absolute atomic E-state index is 0.0993. The second-order valence-electron chi connectivity index (χ2n) is 12.2. The molecule has 0 aromatic carbocycles. The van der Waals surface area contributed by atoms with Crippen LogP contribution in [-0.4, -0.2) is 136 Å². The molecule has 0 saturated carbocycles. The van der Waals surface area contributed by atoms with Gasteiger partial charge in [-0.15, -0.1) is 0 Å². The molecule has 10 N–H and O–H groups in total. The molecule has 0 aromatic heterocycles. The minimum Gasteiger partial charge on any atom is -0.480 e. The molecule has 0 bridgehead atoms. The van der Waals surface area contributed by atoms with Crippen molar-refractivity contribution in [1.29, 1.82) is 0 Å². The van der Waals surface area contributed by atoms with Gasteiger partial charge in [0.25, 0.3) is 0 Å². The Morgan fingerprint density at radius 1 is 0.875 bits per heavy atom. The molecule has 2 rings (SSSR count). The van der Waals surface area contributed by atoms with Crippen LogP contribution in [0.1, 0.15) is 65.2 Å².